The predicted octanol–water partition coefficient (Wildman–Crippen LogP) is 2.58. The number of carbonyl (C=O) groups is 1. The molecule has 0 aromatic heterocycles. The van der Waals surface area contributed by atoms with E-state index in [4.69, 9.17) is 4.74 Å². The van der Waals surface area contributed by atoms with Crippen LogP contribution in [0.2, 0.25) is 0 Å². The molecule has 0 aliphatic heterocycles. The van der Waals surface area contributed by atoms with Gasteiger partial charge in [0.15, 0.2) is 5.96 Å². The van der Waals surface area contributed by atoms with E-state index in [9.17, 15) is 4.79 Å². The number of hydrogen-bond acceptors (Lipinski definition) is 3. The van der Waals surface area contributed by atoms with Gasteiger partial charge in [-0.05, 0) is 47.0 Å². The Balaban J connectivity index is 0.00000441. The Labute approximate surface area is 151 Å². The van der Waals surface area contributed by atoms with Crippen molar-refractivity contribution in [3.8, 4) is 0 Å². The van der Waals surface area contributed by atoms with E-state index >= 15 is 0 Å². The van der Waals surface area contributed by atoms with Crippen LogP contribution >= 0.6 is 24.0 Å². The summed E-state index contributed by atoms with van der Waals surface area (Å²) in [5.74, 6) is 0.838. The molecule has 130 valence electrons. The Kier molecular flexibility index (Phi) is 9.11. The zero-order valence-corrected chi connectivity index (χ0v) is 16.9. The molecule has 22 heavy (non-hydrogen) atoms. The third-order valence-electron chi connectivity index (χ3n) is 3.34. The highest BCUT2D eigenvalue weighted by Crippen LogP contribution is 2.18. The van der Waals surface area contributed by atoms with Crippen molar-refractivity contribution < 1.29 is 9.53 Å². The quantitative estimate of drug-likeness (QED) is 0.403. The van der Waals surface area contributed by atoms with Crippen LogP contribution in [0.25, 0.3) is 0 Å². The standard InChI is InChI=1S/C15H30N4O2.HI/c1-11(19(6)14(20)21-15(2,3)4)9-10-17-13(16-5)18-12-7-8-12;/h11-12H,7-10H2,1-6H3,(H2,16,17,18);1H. The zero-order valence-electron chi connectivity index (χ0n) is 14.6. The summed E-state index contributed by atoms with van der Waals surface area (Å²) in [6, 6.07) is 0.685. The molecule has 0 aromatic carbocycles. The highest BCUT2D eigenvalue weighted by molar-refractivity contribution is 14.0. The molecule has 1 aliphatic carbocycles. The first kappa shape index (κ1) is 21.3. The van der Waals surface area contributed by atoms with Crippen molar-refractivity contribution in [2.24, 2.45) is 4.99 Å². The number of nitrogens with zero attached hydrogens (tertiary/aromatic N) is 2. The van der Waals surface area contributed by atoms with Crippen molar-refractivity contribution >= 4 is 36.0 Å². The monoisotopic (exact) mass is 426 g/mol. The van der Waals surface area contributed by atoms with E-state index in [1.54, 1.807) is 19.0 Å². The summed E-state index contributed by atoms with van der Waals surface area (Å²) in [5, 5.41) is 6.60. The molecule has 0 aromatic rings. The van der Waals surface area contributed by atoms with E-state index < -0.39 is 5.60 Å². The average Bonchev–Trinajstić information content (AvgIpc) is 3.18. The molecule has 1 saturated carbocycles. The van der Waals surface area contributed by atoms with Gasteiger partial charge in [0.25, 0.3) is 0 Å². The van der Waals surface area contributed by atoms with Crippen molar-refractivity contribution in [2.45, 2.75) is 64.6 Å². The van der Waals surface area contributed by atoms with Crippen molar-refractivity contribution in [2.75, 3.05) is 20.6 Å². The lowest BCUT2D eigenvalue weighted by Crippen LogP contribution is -2.43. The largest absolute Gasteiger partial charge is 0.444 e. The number of carbonyl (C=O) groups excluding carboxylic acids is 1. The molecule has 2 N–H and O–H groups in total. The van der Waals surface area contributed by atoms with E-state index in [0.717, 1.165) is 18.9 Å². The summed E-state index contributed by atoms with van der Waals surface area (Å²) < 4.78 is 5.36. The minimum Gasteiger partial charge on any atom is -0.444 e. The fourth-order valence-electron chi connectivity index (χ4n) is 1.72. The molecule has 6 nitrogen and oxygen atoms in total. The minimum absolute atomic E-state index is 0. The van der Waals surface area contributed by atoms with Gasteiger partial charge in [-0.25, -0.2) is 4.79 Å². The molecule has 0 heterocycles. The van der Waals surface area contributed by atoms with Gasteiger partial charge in [0.2, 0.25) is 0 Å². The highest BCUT2D eigenvalue weighted by Gasteiger charge is 2.24. The molecule has 0 spiro atoms. The molecular formula is C15H31IN4O2. The summed E-state index contributed by atoms with van der Waals surface area (Å²) in [4.78, 5) is 17.8. The Hall–Kier alpha value is -0.730. The van der Waals surface area contributed by atoms with Crippen LogP contribution in [0, 0.1) is 0 Å². The molecule has 0 bridgehead atoms. The third kappa shape index (κ3) is 8.65. The molecule has 1 amide bonds. The summed E-state index contributed by atoms with van der Waals surface area (Å²) >= 11 is 0. The first-order valence-electron chi connectivity index (χ1n) is 7.66. The van der Waals surface area contributed by atoms with E-state index in [-0.39, 0.29) is 36.1 Å². The highest BCUT2D eigenvalue weighted by atomic mass is 127. The second kappa shape index (κ2) is 9.42. The lowest BCUT2D eigenvalue weighted by molar-refractivity contribution is 0.0230. The molecule has 1 unspecified atom stereocenters. The van der Waals surface area contributed by atoms with Gasteiger partial charge < -0.3 is 20.3 Å². The van der Waals surface area contributed by atoms with E-state index in [0.29, 0.717) is 6.04 Å². The molecule has 0 radical (unpaired) electrons. The topological polar surface area (TPSA) is 66.0 Å². The number of ether oxygens (including phenoxy) is 1. The van der Waals surface area contributed by atoms with E-state index in [1.165, 1.54) is 12.8 Å². The normalized spacial score (nSPS) is 16.4. The van der Waals surface area contributed by atoms with Gasteiger partial charge in [-0.15, -0.1) is 24.0 Å². The Morgan fingerprint density at radius 2 is 2.00 bits per heavy atom. The number of guanidine groups is 1. The molecular weight excluding hydrogens is 395 g/mol. The average molecular weight is 426 g/mol. The van der Waals surface area contributed by atoms with E-state index in [2.05, 4.69) is 15.6 Å². The summed E-state index contributed by atoms with van der Waals surface area (Å²) in [6.45, 7) is 8.40. The Morgan fingerprint density at radius 3 is 2.45 bits per heavy atom. The third-order valence-corrected chi connectivity index (χ3v) is 3.34. The predicted molar refractivity (Wildman–Crippen MR) is 101 cm³/mol. The molecule has 1 rings (SSSR count). The fraction of sp³-hybridized carbons (Fsp3) is 0.867. The van der Waals surface area contributed by atoms with Crippen LogP contribution in [0.5, 0.6) is 0 Å². The zero-order chi connectivity index (χ0) is 16.0. The van der Waals surface area contributed by atoms with Crippen LogP contribution in [0.4, 0.5) is 4.79 Å². The van der Waals surface area contributed by atoms with Gasteiger partial charge in [0, 0.05) is 32.7 Å². The van der Waals surface area contributed by atoms with Gasteiger partial charge in [0.1, 0.15) is 5.60 Å². The van der Waals surface area contributed by atoms with E-state index in [1.807, 2.05) is 27.7 Å². The van der Waals surface area contributed by atoms with Crippen LogP contribution in [-0.2, 0) is 4.74 Å². The maximum atomic E-state index is 12.0. The van der Waals surface area contributed by atoms with Gasteiger partial charge >= 0.3 is 6.09 Å². The van der Waals surface area contributed by atoms with Crippen molar-refractivity contribution in [1.82, 2.24) is 15.5 Å². The van der Waals surface area contributed by atoms with Crippen LogP contribution < -0.4 is 10.6 Å². The summed E-state index contributed by atoms with van der Waals surface area (Å²) in [7, 11) is 3.55. The Bertz CT molecular complexity index is 378. The number of hydrogen-bond donors (Lipinski definition) is 2. The minimum atomic E-state index is -0.459. The van der Waals surface area contributed by atoms with Gasteiger partial charge in [-0.3, -0.25) is 4.99 Å². The maximum absolute atomic E-state index is 12.0. The SMILES string of the molecule is CN=C(NCCC(C)N(C)C(=O)OC(C)(C)C)NC1CC1.I. The van der Waals surface area contributed by atoms with Crippen molar-refractivity contribution in [3.63, 3.8) is 0 Å². The van der Waals surface area contributed by atoms with Crippen LogP contribution in [0.1, 0.15) is 47.0 Å². The fourth-order valence-corrected chi connectivity index (χ4v) is 1.72. The molecule has 1 atom stereocenters. The summed E-state index contributed by atoms with van der Waals surface area (Å²) in [6.07, 6.45) is 2.99. The number of aliphatic imine (C=N–C) groups is 1. The maximum Gasteiger partial charge on any atom is 0.410 e. The number of halogens is 1. The number of nitrogens with one attached hydrogen (secondary N) is 2. The second-order valence-electron chi connectivity index (χ2n) is 6.65. The van der Waals surface area contributed by atoms with Crippen LogP contribution in [0.3, 0.4) is 0 Å². The number of rotatable bonds is 5. The van der Waals surface area contributed by atoms with Gasteiger partial charge in [-0.2, -0.15) is 0 Å². The lowest BCUT2D eigenvalue weighted by Gasteiger charge is -2.28. The second-order valence-corrected chi connectivity index (χ2v) is 6.65. The van der Waals surface area contributed by atoms with Crippen LogP contribution in [-0.4, -0.2) is 55.3 Å². The molecule has 1 aliphatic rings. The van der Waals surface area contributed by atoms with Crippen molar-refractivity contribution in [3.05, 3.63) is 0 Å². The molecule has 7 heteroatoms. The molecule has 0 saturated heterocycles. The lowest BCUT2D eigenvalue weighted by atomic mass is 10.2. The van der Waals surface area contributed by atoms with Crippen LogP contribution in [0.15, 0.2) is 4.99 Å². The van der Waals surface area contributed by atoms with Gasteiger partial charge in [0.05, 0.1) is 0 Å². The summed E-state index contributed by atoms with van der Waals surface area (Å²) in [5.41, 5.74) is -0.459. The smallest absolute Gasteiger partial charge is 0.410 e. The Morgan fingerprint density at radius 1 is 1.41 bits per heavy atom. The first-order valence-corrected chi connectivity index (χ1v) is 7.66. The first-order chi connectivity index (χ1) is 9.73. The van der Waals surface area contributed by atoms with Crippen molar-refractivity contribution in [1.29, 1.82) is 0 Å². The molecule has 1 fully saturated rings. The van der Waals surface area contributed by atoms with Gasteiger partial charge in [-0.1, -0.05) is 0 Å². The number of amides is 1.